The van der Waals surface area contributed by atoms with E-state index in [1.54, 1.807) is 0 Å². The fraction of sp³-hybridized carbons (Fsp3) is 0.333. The highest BCUT2D eigenvalue weighted by Gasteiger charge is 2.32. The molecule has 0 bridgehead atoms. The standard InChI is InChI=1S/C9H10F3NO2.ClH/c10-9(11,12)15-8-4-2-1-3-6(8)7(13)5-14;/h1-4,7,14H,5,13H2;1H/t7-;/m0./s1. The van der Waals surface area contributed by atoms with Gasteiger partial charge in [0.1, 0.15) is 5.75 Å². The molecule has 7 heteroatoms. The Morgan fingerprint density at radius 1 is 1.31 bits per heavy atom. The lowest BCUT2D eigenvalue weighted by Crippen LogP contribution is -2.21. The van der Waals surface area contributed by atoms with Gasteiger partial charge in [-0.2, -0.15) is 0 Å². The van der Waals surface area contributed by atoms with Crippen LogP contribution in [0.4, 0.5) is 13.2 Å². The minimum atomic E-state index is -4.76. The smallest absolute Gasteiger partial charge is 0.405 e. The van der Waals surface area contributed by atoms with Crippen LogP contribution in [0.3, 0.4) is 0 Å². The first-order valence-corrected chi connectivity index (χ1v) is 4.15. The van der Waals surface area contributed by atoms with Gasteiger partial charge in [-0.15, -0.1) is 25.6 Å². The quantitative estimate of drug-likeness (QED) is 0.871. The van der Waals surface area contributed by atoms with E-state index in [2.05, 4.69) is 4.74 Å². The number of para-hydroxylation sites is 1. The third-order valence-electron chi connectivity index (χ3n) is 1.74. The molecule has 0 aliphatic rings. The van der Waals surface area contributed by atoms with Crippen LogP contribution in [0, 0.1) is 0 Å². The number of hydrogen-bond acceptors (Lipinski definition) is 3. The number of nitrogens with two attached hydrogens (primary N) is 1. The van der Waals surface area contributed by atoms with E-state index in [-0.39, 0.29) is 23.7 Å². The Morgan fingerprint density at radius 3 is 2.38 bits per heavy atom. The third kappa shape index (κ3) is 4.26. The summed E-state index contributed by atoms with van der Waals surface area (Å²) in [4.78, 5) is 0. The maximum absolute atomic E-state index is 12.0. The van der Waals surface area contributed by atoms with Gasteiger partial charge in [0.15, 0.2) is 0 Å². The van der Waals surface area contributed by atoms with Gasteiger partial charge in [-0.1, -0.05) is 18.2 Å². The number of halogens is 4. The molecule has 0 aliphatic carbocycles. The molecular weight excluding hydrogens is 247 g/mol. The van der Waals surface area contributed by atoms with Gasteiger partial charge in [0, 0.05) is 5.56 Å². The zero-order chi connectivity index (χ0) is 11.5. The Hall–Kier alpha value is -0.980. The minimum absolute atomic E-state index is 0. The highest BCUT2D eigenvalue weighted by atomic mass is 35.5. The Morgan fingerprint density at radius 2 is 1.88 bits per heavy atom. The number of rotatable bonds is 3. The molecule has 3 nitrogen and oxygen atoms in total. The summed E-state index contributed by atoms with van der Waals surface area (Å²) in [7, 11) is 0. The van der Waals surface area contributed by atoms with E-state index in [9.17, 15) is 13.2 Å². The van der Waals surface area contributed by atoms with E-state index in [1.807, 2.05) is 0 Å². The van der Waals surface area contributed by atoms with Crippen LogP contribution in [0.15, 0.2) is 24.3 Å². The van der Waals surface area contributed by atoms with Gasteiger partial charge in [-0.05, 0) is 6.07 Å². The summed E-state index contributed by atoms with van der Waals surface area (Å²) < 4.78 is 39.7. The van der Waals surface area contributed by atoms with E-state index in [1.165, 1.54) is 18.2 Å². The topological polar surface area (TPSA) is 55.5 Å². The lowest BCUT2D eigenvalue weighted by atomic mass is 10.1. The van der Waals surface area contributed by atoms with Crippen molar-refractivity contribution in [2.75, 3.05) is 6.61 Å². The van der Waals surface area contributed by atoms with Gasteiger partial charge in [0.25, 0.3) is 0 Å². The Kier molecular flexibility index (Phi) is 5.57. The number of aliphatic hydroxyl groups excluding tert-OH is 1. The van der Waals surface area contributed by atoms with E-state index < -0.39 is 19.0 Å². The number of alkyl halides is 3. The largest absolute Gasteiger partial charge is 0.573 e. The minimum Gasteiger partial charge on any atom is -0.405 e. The van der Waals surface area contributed by atoms with Crippen molar-refractivity contribution in [2.45, 2.75) is 12.4 Å². The SMILES string of the molecule is Cl.N[C@@H](CO)c1ccccc1OC(F)(F)F. The fourth-order valence-electron chi connectivity index (χ4n) is 1.10. The molecule has 0 saturated carbocycles. The predicted molar refractivity (Wildman–Crippen MR) is 54.4 cm³/mol. The molecule has 0 fully saturated rings. The Labute approximate surface area is 96.4 Å². The van der Waals surface area contributed by atoms with E-state index in [4.69, 9.17) is 10.8 Å². The first-order chi connectivity index (χ1) is 6.94. The normalized spacial score (nSPS) is 12.8. The predicted octanol–water partition coefficient (Wildman–Crippen LogP) is 2.00. The molecule has 0 saturated heterocycles. The molecule has 1 aromatic carbocycles. The van der Waals surface area contributed by atoms with Crippen molar-refractivity contribution in [3.63, 3.8) is 0 Å². The van der Waals surface area contributed by atoms with Gasteiger partial charge in [0.05, 0.1) is 12.6 Å². The monoisotopic (exact) mass is 257 g/mol. The van der Waals surface area contributed by atoms with Crippen LogP contribution in [-0.2, 0) is 0 Å². The van der Waals surface area contributed by atoms with E-state index in [0.29, 0.717) is 0 Å². The summed E-state index contributed by atoms with van der Waals surface area (Å²) >= 11 is 0. The maximum Gasteiger partial charge on any atom is 0.573 e. The van der Waals surface area contributed by atoms with Crippen molar-refractivity contribution >= 4 is 12.4 Å². The number of ether oxygens (including phenoxy) is 1. The van der Waals surface area contributed by atoms with Crippen LogP contribution in [-0.4, -0.2) is 18.1 Å². The number of aliphatic hydroxyl groups is 1. The van der Waals surface area contributed by atoms with Gasteiger partial charge in [-0.3, -0.25) is 0 Å². The maximum atomic E-state index is 12.0. The molecule has 1 aromatic rings. The van der Waals surface area contributed by atoms with Crippen LogP contribution in [0.2, 0.25) is 0 Å². The van der Waals surface area contributed by atoms with Crippen molar-refractivity contribution in [3.8, 4) is 5.75 Å². The zero-order valence-electron chi connectivity index (χ0n) is 8.07. The molecule has 3 N–H and O–H groups in total. The molecule has 1 atom stereocenters. The van der Waals surface area contributed by atoms with Crippen molar-refractivity contribution in [1.29, 1.82) is 0 Å². The van der Waals surface area contributed by atoms with Crippen LogP contribution < -0.4 is 10.5 Å². The number of benzene rings is 1. The summed E-state index contributed by atoms with van der Waals surface area (Å²) in [6.07, 6.45) is -4.76. The van der Waals surface area contributed by atoms with E-state index in [0.717, 1.165) is 6.07 Å². The Balaban J connectivity index is 0.00000225. The highest BCUT2D eigenvalue weighted by Crippen LogP contribution is 2.28. The van der Waals surface area contributed by atoms with Crippen LogP contribution in [0.25, 0.3) is 0 Å². The first-order valence-electron chi connectivity index (χ1n) is 4.15. The molecule has 0 radical (unpaired) electrons. The molecule has 0 unspecified atom stereocenters. The van der Waals surface area contributed by atoms with Gasteiger partial charge < -0.3 is 15.6 Å². The average molecular weight is 258 g/mol. The lowest BCUT2D eigenvalue weighted by Gasteiger charge is -2.16. The van der Waals surface area contributed by atoms with Crippen molar-refractivity contribution in [1.82, 2.24) is 0 Å². The second-order valence-corrected chi connectivity index (χ2v) is 2.87. The number of hydrogen-bond donors (Lipinski definition) is 2. The second-order valence-electron chi connectivity index (χ2n) is 2.87. The summed E-state index contributed by atoms with van der Waals surface area (Å²) in [5.74, 6) is -0.383. The van der Waals surface area contributed by atoms with E-state index >= 15 is 0 Å². The Bertz CT molecular complexity index is 333. The summed E-state index contributed by atoms with van der Waals surface area (Å²) in [5.41, 5.74) is 5.54. The molecule has 0 spiro atoms. The van der Waals surface area contributed by atoms with Gasteiger partial charge >= 0.3 is 6.36 Å². The molecule has 92 valence electrons. The van der Waals surface area contributed by atoms with Crippen LogP contribution in [0.5, 0.6) is 5.75 Å². The summed E-state index contributed by atoms with van der Waals surface area (Å²) in [6, 6.07) is 4.56. The summed E-state index contributed by atoms with van der Waals surface area (Å²) in [6.45, 7) is -0.446. The molecule has 16 heavy (non-hydrogen) atoms. The van der Waals surface area contributed by atoms with Crippen molar-refractivity contribution in [2.24, 2.45) is 5.73 Å². The lowest BCUT2D eigenvalue weighted by molar-refractivity contribution is -0.275. The highest BCUT2D eigenvalue weighted by molar-refractivity contribution is 5.85. The second kappa shape index (κ2) is 5.93. The summed E-state index contributed by atoms with van der Waals surface area (Å²) in [5, 5.41) is 8.75. The molecule has 1 rings (SSSR count). The molecular formula is C9H11ClF3NO2. The fourth-order valence-corrected chi connectivity index (χ4v) is 1.10. The van der Waals surface area contributed by atoms with Gasteiger partial charge in [-0.25, -0.2) is 0 Å². The average Bonchev–Trinajstić information content (AvgIpc) is 2.15. The molecule has 0 aliphatic heterocycles. The third-order valence-corrected chi connectivity index (χ3v) is 1.74. The van der Waals surface area contributed by atoms with Gasteiger partial charge in [0.2, 0.25) is 0 Å². The molecule has 0 aromatic heterocycles. The van der Waals surface area contributed by atoms with Crippen LogP contribution >= 0.6 is 12.4 Å². The first kappa shape index (κ1) is 15.0. The van der Waals surface area contributed by atoms with Crippen LogP contribution in [0.1, 0.15) is 11.6 Å². The molecule has 0 amide bonds. The zero-order valence-corrected chi connectivity index (χ0v) is 8.89. The molecule has 0 heterocycles. The van der Waals surface area contributed by atoms with Crippen molar-refractivity contribution < 1.29 is 23.0 Å². The van der Waals surface area contributed by atoms with Crippen molar-refractivity contribution in [3.05, 3.63) is 29.8 Å².